The van der Waals surface area contributed by atoms with Crippen LogP contribution in [0.4, 0.5) is 0 Å². The zero-order valence-electron chi connectivity index (χ0n) is 10.8. The van der Waals surface area contributed by atoms with Gasteiger partial charge in [0.25, 0.3) is 0 Å². The van der Waals surface area contributed by atoms with E-state index in [9.17, 15) is 4.79 Å². The summed E-state index contributed by atoms with van der Waals surface area (Å²) in [5.74, 6) is 0.218. The standard InChI is InChI=1S/C13H26N2O/c1-3-13(8-4-5-9-13)11-15-12(16)7-6-10-14-2/h14H,3-11H2,1-2H3,(H,15,16). The number of carbonyl (C=O) groups excluding carboxylic acids is 1. The van der Waals surface area contributed by atoms with Gasteiger partial charge in [0.1, 0.15) is 0 Å². The van der Waals surface area contributed by atoms with Crippen molar-refractivity contribution in [1.29, 1.82) is 0 Å². The van der Waals surface area contributed by atoms with E-state index in [4.69, 9.17) is 0 Å². The SMILES string of the molecule is CCC1(CNC(=O)CCCNC)CCCC1. The highest BCUT2D eigenvalue weighted by atomic mass is 16.1. The van der Waals surface area contributed by atoms with E-state index in [1.165, 1.54) is 32.1 Å². The molecule has 1 aliphatic carbocycles. The van der Waals surface area contributed by atoms with Gasteiger partial charge in [-0.3, -0.25) is 4.79 Å². The molecule has 1 aliphatic rings. The molecule has 0 unspecified atom stereocenters. The second-order valence-corrected chi connectivity index (χ2v) is 5.04. The first-order chi connectivity index (χ1) is 7.72. The predicted octanol–water partition coefficient (Wildman–Crippen LogP) is 2.07. The van der Waals surface area contributed by atoms with E-state index in [-0.39, 0.29) is 5.91 Å². The monoisotopic (exact) mass is 226 g/mol. The van der Waals surface area contributed by atoms with Gasteiger partial charge in [-0.2, -0.15) is 0 Å². The minimum Gasteiger partial charge on any atom is -0.356 e. The lowest BCUT2D eigenvalue weighted by Gasteiger charge is -2.27. The molecule has 0 saturated heterocycles. The van der Waals surface area contributed by atoms with Crippen molar-refractivity contribution in [3.05, 3.63) is 0 Å². The molecule has 0 radical (unpaired) electrons. The lowest BCUT2D eigenvalue weighted by atomic mass is 9.83. The molecule has 16 heavy (non-hydrogen) atoms. The Hall–Kier alpha value is -0.570. The molecule has 94 valence electrons. The molecule has 1 saturated carbocycles. The second-order valence-electron chi connectivity index (χ2n) is 5.04. The average molecular weight is 226 g/mol. The first kappa shape index (κ1) is 13.5. The zero-order valence-corrected chi connectivity index (χ0v) is 10.8. The van der Waals surface area contributed by atoms with E-state index in [1.54, 1.807) is 0 Å². The molecule has 0 aromatic carbocycles. The number of carbonyl (C=O) groups is 1. The molecule has 3 nitrogen and oxygen atoms in total. The summed E-state index contributed by atoms with van der Waals surface area (Å²) in [5.41, 5.74) is 0.415. The fraction of sp³-hybridized carbons (Fsp3) is 0.923. The van der Waals surface area contributed by atoms with Gasteiger partial charge in [-0.05, 0) is 44.7 Å². The molecule has 0 heterocycles. The van der Waals surface area contributed by atoms with E-state index in [1.807, 2.05) is 7.05 Å². The van der Waals surface area contributed by atoms with E-state index in [2.05, 4.69) is 17.6 Å². The summed E-state index contributed by atoms with van der Waals surface area (Å²) >= 11 is 0. The van der Waals surface area contributed by atoms with Crippen molar-refractivity contribution in [3.63, 3.8) is 0 Å². The zero-order chi connectivity index (χ0) is 11.9. The first-order valence-corrected chi connectivity index (χ1v) is 6.64. The first-order valence-electron chi connectivity index (χ1n) is 6.64. The lowest BCUT2D eigenvalue weighted by Crippen LogP contribution is -2.35. The van der Waals surface area contributed by atoms with Crippen LogP contribution in [0.15, 0.2) is 0 Å². The summed E-state index contributed by atoms with van der Waals surface area (Å²) in [6.45, 7) is 4.06. The van der Waals surface area contributed by atoms with Crippen LogP contribution >= 0.6 is 0 Å². The molecule has 3 heteroatoms. The van der Waals surface area contributed by atoms with Crippen LogP contribution in [0.5, 0.6) is 0 Å². The molecule has 1 amide bonds. The second kappa shape index (κ2) is 6.89. The molecule has 0 spiro atoms. The molecule has 1 rings (SSSR count). The third kappa shape index (κ3) is 4.12. The van der Waals surface area contributed by atoms with E-state index in [0.29, 0.717) is 11.8 Å². The van der Waals surface area contributed by atoms with Crippen molar-refractivity contribution in [1.82, 2.24) is 10.6 Å². The molecule has 0 aromatic heterocycles. The van der Waals surface area contributed by atoms with Crippen LogP contribution in [0.25, 0.3) is 0 Å². The number of hydrogen-bond donors (Lipinski definition) is 2. The van der Waals surface area contributed by atoms with Crippen LogP contribution in [0, 0.1) is 5.41 Å². The van der Waals surface area contributed by atoms with E-state index in [0.717, 1.165) is 19.5 Å². The van der Waals surface area contributed by atoms with Crippen LogP contribution in [0.3, 0.4) is 0 Å². The minimum atomic E-state index is 0.218. The number of nitrogens with one attached hydrogen (secondary N) is 2. The molecule has 0 bridgehead atoms. The third-order valence-corrected chi connectivity index (χ3v) is 3.91. The van der Waals surface area contributed by atoms with Gasteiger partial charge in [0, 0.05) is 13.0 Å². The number of rotatable bonds is 7. The topological polar surface area (TPSA) is 41.1 Å². The van der Waals surface area contributed by atoms with Crippen molar-refractivity contribution in [2.45, 2.75) is 51.9 Å². The maximum absolute atomic E-state index is 11.6. The summed E-state index contributed by atoms with van der Waals surface area (Å²) < 4.78 is 0. The van der Waals surface area contributed by atoms with E-state index < -0.39 is 0 Å². The number of hydrogen-bond acceptors (Lipinski definition) is 2. The Balaban J connectivity index is 2.19. The molecular formula is C13H26N2O. The molecule has 2 N–H and O–H groups in total. The van der Waals surface area contributed by atoms with Crippen molar-refractivity contribution in [2.24, 2.45) is 5.41 Å². The Morgan fingerprint density at radius 2 is 2.00 bits per heavy atom. The normalized spacial score (nSPS) is 18.6. The Morgan fingerprint density at radius 1 is 1.31 bits per heavy atom. The smallest absolute Gasteiger partial charge is 0.220 e. The van der Waals surface area contributed by atoms with Crippen LogP contribution in [0.2, 0.25) is 0 Å². The molecule has 0 atom stereocenters. The average Bonchev–Trinajstić information content (AvgIpc) is 2.76. The predicted molar refractivity (Wildman–Crippen MR) is 67.4 cm³/mol. The maximum Gasteiger partial charge on any atom is 0.220 e. The minimum absolute atomic E-state index is 0.218. The largest absolute Gasteiger partial charge is 0.356 e. The van der Waals surface area contributed by atoms with Gasteiger partial charge in [0.05, 0.1) is 0 Å². The summed E-state index contributed by atoms with van der Waals surface area (Å²) in [6.07, 6.45) is 8.04. The van der Waals surface area contributed by atoms with Crippen molar-refractivity contribution < 1.29 is 4.79 Å². The van der Waals surface area contributed by atoms with Gasteiger partial charge < -0.3 is 10.6 Å². The van der Waals surface area contributed by atoms with Crippen LogP contribution in [0.1, 0.15) is 51.9 Å². The van der Waals surface area contributed by atoms with Gasteiger partial charge in [0.2, 0.25) is 5.91 Å². The van der Waals surface area contributed by atoms with Gasteiger partial charge in [-0.15, -0.1) is 0 Å². The Kier molecular flexibility index (Phi) is 5.81. The van der Waals surface area contributed by atoms with Gasteiger partial charge in [-0.1, -0.05) is 19.8 Å². The highest BCUT2D eigenvalue weighted by molar-refractivity contribution is 5.75. The van der Waals surface area contributed by atoms with Gasteiger partial charge in [-0.25, -0.2) is 0 Å². The summed E-state index contributed by atoms with van der Waals surface area (Å²) in [6, 6.07) is 0. The molecule has 0 aromatic rings. The fourth-order valence-corrected chi connectivity index (χ4v) is 2.58. The van der Waals surface area contributed by atoms with E-state index >= 15 is 0 Å². The third-order valence-electron chi connectivity index (χ3n) is 3.91. The highest BCUT2D eigenvalue weighted by Crippen LogP contribution is 2.40. The summed E-state index contributed by atoms with van der Waals surface area (Å²) in [4.78, 5) is 11.6. The summed E-state index contributed by atoms with van der Waals surface area (Å²) in [7, 11) is 1.92. The molecule has 0 aliphatic heterocycles. The van der Waals surface area contributed by atoms with Crippen molar-refractivity contribution >= 4 is 5.91 Å². The Bertz CT molecular complexity index is 210. The fourth-order valence-electron chi connectivity index (χ4n) is 2.58. The summed E-state index contributed by atoms with van der Waals surface area (Å²) in [5, 5.41) is 6.17. The van der Waals surface area contributed by atoms with Crippen molar-refractivity contribution in [2.75, 3.05) is 20.1 Å². The van der Waals surface area contributed by atoms with Gasteiger partial charge in [0.15, 0.2) is 0 Å². The highest BCUT2D eigenvalue weighted by Gasteiger charge is 2.31. The van der Waals surface area contributed by atoms with Crippen molar-refractivity contribution in [3.8, 4) is 0 Å². The van der Waals surface area contributed by atoms with Crippen LogP contribution in [-0.4, -0.2) is 26.0 Å². The Labute approximate surface area is 99.4 Å². The number of amides is 1. The molecular weight excluding hydrogens is 200 g/mol. The quantitative estimate of drug-likeness (QED) is 0.653. The van der Waals surface area contributed by atoms with Gasteiger partial charge >= 0.3 is 0 Å². The molecule has 1 fully saturated rings. The van der Waals surface area contributed by atoms with Crippen LogP contribution < -0.4 is 10.6 Å². The maximum atomic E-state index is 11.6. The van der Waals surface area contributed by atoms with Crippen LogP contribution in [-0.2, 0) is 4.79 Å². The lowest BCUT2D eigenvalue weighted by molar-refractivity contribution is -0.121. The Morgan fingerprint density at radius 3 is 2.56 bits per heavy atom.